The molecule has 3 aromatic rings. The third-order valence-electron chi connectivity index (χ3n) is 3.33. The van der Waals surface area contributed by atoms with Crippen LogP contribution >= 0.6 is 15.9 Å². The van der Waals surface area contributed by atoms with Crippen LogP contribution in [0.4, 0.5) is 17.5 Å². The molecule has 0 saturated heterocycles. The molecule has 0 unspecified atom stereocenters. The maximum atomic E-state index is 8.36. The Labute approximate surface area is 147 Å². The predicted octanol–water partition coefficient (Wildman–Crippen LogP) is 3.98. The average molecular weight is 389 g/mol. The van der Waals surface area contributed by atoms with Gasteiger partial charge in [0.2, 0.25) is 5.95 Å². The SMILES string of the molecule is CCc1ccccc1Nc1nc(N)c2cc(Br)ccc2n1.O=CO. The Hall–Kier alpha value is -2.67. The fourth-order valence-corrected chi connectivity index (χ4v) is 2.61. The van der Waals surface area contributed by atoms with Gasteiger partial charge in [0, 0.05) is 15.5 Å². The lowest BCUT2D eigenvalue weighted by Gasteiger charge is -2.11. The molecule has 0 aliphatic heterocycles. The van der Waals surface area contributed by atoms with Crippen LogP contribution < -0.4 is 11.1 Å². The second-order valence-corrected chi connectivity index (χ2v) is 5.75. The van der Waals surface area contributed by atoms with E-state index in [1.54, 1.807) is 0 Å². The number of hydrogen-bond acceptors (Lipinski definition) is 5. The summed E-state index contributed by atoms with van der Waals surface area (Å²) < 4.78 is 0.960. The van der Waals surface area contributed by atoms with E-state index in [2.05, 4.69) is 44.2 Å². The van der Waals surface area contributed by atoms with Gasteiger partial charge in [0.15, 0.2) is 0 Å². The summed E-state index contributed by atoms with van der Waals surface area (Å²) in [5.74, 6) is 0.987. The standard InChI is InChI=1S/C16H15BrN4.CH2O2/c1-2-10-5-3-4-6-13(10)19-16-20-14-8-7-11(17)9-12(14)15(18)21-16;2-1-3/h3-9H,2H2,1H3,(H3,18,19,20,21);1H,(H,2,3). The van der Waals surface area contributed by atoms with Crippen LogP contribution in [-0.2, 0) is 11.2 Å². The molecule has 1 heterocycles. The third-order valence-corrected chi connectivity index (χ3v) is 3.83. The number of nitrogens with zero attached hydrogens (tertiary/aromatic N) is 2. The molecule has 2 aromatic carbocycles. The van der Waals surface area contributed by atoms with Crippen LogP contribution in [0.25, 0.3) is 10.9 Å². The zero-order valence-electron chi connectivity index (χ0n) is 13.0. The number of benzene rings is 2. The highest BCUT2D eigenvalue weighted by atomic mass is 79.9. The molecule has 0 radical (unpaired) electrons. The largest absolute Gasteiger partial charge is 0.483 e. The van der Waals surface area contributed by atoms with E-state index in [1.165, 1.54) is 5.56 Å². The topological polar surface area (TPSA) is 101 Å². The number of nitrogen functional groups attached to an aromatic ring is 1. The van der Waals surface area contributed by atoms with Gasteiger partial charge in [0.05, 0.1) is 5.52 Å². The van der Waals surface area contributed by atoms with Crippen LogP contribution in [0.1, 0.15) is 12.5 Å². The van der Waals surface area contributed by atoms with Gasteiger partial charge in [-0.2, -0.15) is 4.98 Å². The molecule has 0 spiro atoms. The van der Waals surface area contributed by atoms with Gasteiger partial charge >= 0.3 is 0 Å². The van der Waals surface area contributed by atoms with Gasteiger partial charge in [0.25, 0.3) is 6.47 Å². The summed E-state index contributed by atoms with van der Waals surface area (Å²) in [7, 11) is 0. The van der Waals surface area contributed by atoms with Crippen LogP contribution in [0.3, 0.4) is 0 Å². The van der Waals surface area contributed by atoms with E-state index in [0.717, 1.165) is 27.5 Å². The highest BCUT2D eigenvalue weighted by Crippen LogP contribution is 2.25. The minimum absolute atomic E-state index is 0.250. The quantitative estimate of drug-likeness (QED) is 0.586. The second kappa shape index (κ2) is 8.26. The number of aryl methyl sites for hydroxylation is 1. The number of hydrogen-bond donors (Lipinski definition) is 3. The van der Waals surface area contributed by atoms with Gasteiger partial charge in [-0.05, 0) is 36.2 Å². The van der Waals surface area contributed by atoms with Gasteiger partial charge in [-0.1, -0.05) is 41.1 Å². The lowest BCUT2D eigenvalue weighted by molar-refractivity contribution is -0.122. The minimum atomic E-state index is -0.250. The number of carboxylic acid groups (broad SMARTS) is 1. The summed E-state index contributed by atoms with van der Waals surface area (Å²) in [5.41, 5.74) is 9.09. The van der Waals surface area contributed by atoms with Crippen molar-refractivity contribution in [2.45, 2.75) is 13.3 Å². The van der Waals surface area contributed by atoms with Crippen LogP contribution in [0.5, 0.6) is 0 Å². The maximum absolute atomic E-state index is 8.36. The zero-order valence-corrected chi connectivity index (χ0v) is 14.6. The van der Waals surface area contributed by atoms with Gasteiger partial charge in [-0.3, -0.25) is 4.79 Å². The van der Waals surface area contributed by atoms with E-state index < -0.39 is 0 Å². The first kappa shape index (κ1) is 17.7. The fraction of sp³-hybridized carbons (Fsp3) is 0.118. The lowest BCUT2D eigenvalue weighted by atomic mass is 10.1. The molecule has 24 heavy (non-hydrogen) atoms. The zero-order chi connectivity index (χ0) is 17.5. The molecule has 0 amide bonds. The smallest absolute Gasteiger partial charge is 0.290 e. The van der Waals surface area contributed by atoms with Gasteiger partial charge in [-0.15, -0.1) is 0 Å². The molecule has 3 rings (SSSR count). The number of para-hydroxylation sites is 1. The first-order chi connectivity index (χ1) is 11.6. The third kappa shape index (κ3) is 4.20. The fourth-order valence-electron chi connectivity index (χ4n) is 2.25. The number of carbonyl (C=O) groups is 1. The summed E-state index contributed by atoms with van der Waals surface area (Å²) in [6, 6.07) is 13.9. The van der Waals surface area contributed by atoms with E-state index in [-0.39, 0.29) is 6.47 Å². The van der Waals surface area contributed by atoms with Crippen LogP contribution in [0.15, 0.2) is 46.9 Å². The molecule has 124 valence electrons. The van der Waals surface area contributed by atoms with E-state index in [0.29, 0.717) is 11.8 Å². The van der Waals surface area contributed by atoms with Crippen LogP contribution in [0.2, 0.25) is 0 Å². The van der Waals surface area contributed by atoms with E-state index in [1.807, 2.05) is 36.4 Å². The van der Waals surface area contributed by atoms with Crippen molar-refractivity contribution >= 4 is 50.8 Å². The summed E-state index contributed by atoms with van der Waals surface area (Å²) in [6.45, 7) is 1.87. The molecule has 0 aliphatic rings. The van der Waals surface area contributed by atoms with E-state index >= 15 is 0 Å². The van der Waals surface area contributed by atoms with E-state index in [4.69, 9.17) is 15.6 Å². The number of aromatic nitrogens is 2. The number of fused-ring (bicyclic) bond motifs is 1. The summed E-state index contributed by atoms with van der Waals surface area (Å²) in [4.78, 5) is 17.2. The van der Waals surface area contributed by atoms with Crippen LogP contribution in [0, 0.1) is 0 Å². The van der Waals surface area contributed by atoms with Gasteiger partial charge in [0.1, 0.15) is 5.82 Å². The summed E-state index contributed by atoms with van der Waals surface area (Å²) in [6.07, 6.45) is 0.944. The Morgan fingerprint density at radius 2 is 1.96 bits per heavy atom. The van der Waals surface area contributed by atoms with Crippen molar-refractivity contribution in [2.75, 3.05) is 11.1 Å². The first-order valence-electron chi connectivity index (χ1n) is 7.24. The van der Waals surface area contributed by atoms with Crippen molar-refractivity contribution < 1.29 is 9.90 Å². The number of rotatable bonds is 3. The molecule has 4 N–H and O–H groups in total. The highest BCUT2D eigenvalue weighted by molar-refractivity contribution is 9.10. The Bertz CT molecular complexity index is 855. The van der Waals surface area contributed by atoms with Gasteiger partial charge < -0.3 is 16.2 Å². The van der Waals surface area contributed by atoms with Crippen molar-refractivity contribution in [3.8, 4) is 0 Å². The van der Waals surface area contributed by atoms with Gasteiger partial charge in [-0.25, -0.2) is 4.98 Å². The Kier molecular flexibility index (Phi) is 6.08. The summed E-state index contributed by atoms with van der Waals surface area (Å²) >= 11 is 3.43. The second-order valence-electron chi connectivity index (χ2n) is 4.84. The number of anilines is 3. The molecule has 7 heteroatoms. The molecular weight excluding hydrogens is 372 g/mol. The number of nitrogens with two attached hydrogens (primary N) is 1. The van der Waals surface area contributed by atoms with Crippen molar-refractivity contribution in [3.05, 3.63) is 52.5 Å². The molecule has 0 fully saturated rings. The van der Waals surface area contributed by atoms with E-state index in [9.17, 15) is 0 Å². The lowest BCUT2D eigenvalue weighted by Crippen LogP contribution is -2.03. The number of halogens is 1. The van der Waals surface area contributed by atoms with Crippen molar-refractivity contribution in [3.63, 3.8) is 0 Å². The summed E-state index contributed by atoms with van der Waals surface area (Å²) in [5, 5.41) is 11.0. The van der Waals surface area contributed by atoms with Crippen molar-refractivity contribution in [1.82, 2.24) is 9.97 Å². The molecule has 0 saturated carbocycles. The normalized spacial score (nSPS) is 9.92. The molecule has 0 atom stereocenters. The maximum Gasteiger partial charge on any atom is 0.290 e. The van der Waals surface area contributed by atoms with Crippen molar-refractivity contribution in [2.24, 2.45) is 0 Å². The molecule has 1 aromatic heterocycles. The molecule has 0 bridgehead atoms. The minimum Gasteiger partial charge on any atom is -0.483 e. The first-order valence-corrected chi connectivity index (χ1v) is 8.04. The Morgan fingerprint density at radius 3 is 2.67 bits per heavy atom. The predicted molar refractivity (Wildman–Crippen MR) is 99.4 cm³/mol. The Morgan fingerprint density at radius 1 is 1.25 bits per heavy atom. The van der Waals surface area contributed by atoms with Crippen LogP contribution in [-0.4, -0.2) is 21.5 Å². The molecule has 0 aliphatic carbocycles. The average Bonchev–Trinajstić information content (AvgIpc) is 2.57. The molecule has 6 nitrogen and oxygen atoms in total. The number of nitrogens with one attached hydrogen (secondary N) is 1. The molecular formula is C17H17BrN4O2. The van der Waals surface area contributed by atoms with Crippen molar-refractivity contribution in [1.29, 1.82) is 0 Å². The monoisotopic (exact) mass is 388 g/mol. The Balaban J connectivity index is 0.000000647. The highest BCUT2D eigenvalue weighted by Gasteiger charge is 2.07.